The van der Waals surface area contributed by atoms with Crippen LogP contribution in [0.25, 0.3) is 0 Å². The SMILES string of the molecule is CCCCC(/C=C\O)SC(C)=O. The molecule has 0 fully saturated rings. The van der Waals surface area contributed by atoms with Gasteiger partial charge >= 0.3 is 0 Å². The van der Waals surface area contributed by atoms with Crippen LogP contribution >= 0.6 is 11.8 Å². The van der Waals surface area contributed by atoms with Gasteiger partial charge in [-0.25, -0.2) is 0 Å². The molecule has 1 N–H and O–H groups in total. The minimum atomic E-state index is 0.106. The number of aliphatic hydroxyl groups excluding tert-OH is 1. The monoisotopic (exact) mass is 188 g/mol. The first-order chi connectivity index (χ1) is 5.70. The lowest BCUT2D eigenvalue weighted by Gasteiger charge is -2.07. The molecule has 0 aliphatic heterocycles. The third-order valence-electron chi connectivity index (χ3n) is 1.46. The summed E-state index contributed by atoms with van der Waals surface area (Å²) in [5.41, 5.74) is 0. The largest absolute Gasteiger partial charge is 0.516 e. The zero-order valence-corrected chi connectivity index (χ0v) is 8.43. The number of unbranched alkanes of at least 4 members (excludes halogenated alkanes) is 1. The van der Waals surface area contributed by atoms with Gasteiger partial charge in [0, 0.05) is 12.2 Å². The van der Waals surface area contributed by atoms with Crippen LogP contribution in [-0.4, -0.2) is 15.5 Å². The lowest BCUT2D eigenvalue weighted by Crippen LogP contribution is -2.01. The standard InChI is InChI=1S/C9H16O2S/c1-3-4-5-9(6-7-10)12-8(2)11/h6-7,9-10H,3-5H2,1-2H3/b7-6-. The van der Waals surface area contributed by atoms with Crippen molar-refractivity contribution in [1.82, 2.24) is 0 Å². The maximum absolute atomic E-state index is 10.7. The summed E-state index contributed by atoms with van der Waals surface area (Å²) in [5.74, 6) is 0. The molecule has 0 aliphatic rings. The van der Waals surface area contributed by atoms with Crippen LogP contribution in [0.15, 0.2) is 12.3 Å². The number of hydrogen-bond donors (Lipinski definition) is 1. The molecule has 3 heteroatoms. The molecule has 2 nitrogen and oxygen atoms in total. The molecule has 70 valence electrons. The molecule has 0 saturated heterocycles. The molecule has 12 heavy (non-hydrogen) atoms. The summed E-state index contributed by atoms with van der Waals surface area (Å²) in [7, 11) is 0. The molecule has 0 aromatic rings. The molecule has 1 atom stereocenters. The highest BCUT2D eigenvalue weighted by Gasteiger charge is 2.07. The van der Waals surface area contributed by atoms with Crippen molar-refractivity contribution in [3.63, 3.8) is 0 Å². The van der Waals surface area contributed by atoms with Gasteiger partial charge in [-0.2, -0.15) is 0 Å². The van der Waals surface area contributed by atoms with Gasteiger partial charge in [-0.1, -0.05) is 31.5 Å². The lowest BCUT2D eigenvalue weighted by molar-refractivity contribution is -0.109. The maximum atomic E-state index is 10.7. The number of carbonyl (C=O) groups excluding carboxylic acids is 1. The van der Waals surface area contributed by atoms with Gasteiger partial charge < -0.3 is 5.11 Å². The van der Waals surface area contributed by atoms with Gasteiger partial charge in [-0.05, 0) is 12.5 Å². The van der Waals surface area contributed by atoms with Crippen LogP contribution in [0.2, 0.25) is 0 Å². The van der Waals surface area contributed by atoms with E-state index in [1.165, 1.54) is 11.8 Å². The average Bonchev–Trinajstić information content (AvgIpc) is 2.00. The van der Waals surface area contributed by atoms with Crippen molar-refractivity contribution < 1.29 is 9.90 Å². The first-order valence-corrected chi connectivity index (χ1v) is 5.06. The van der Waals surface area contributed by atoms with E-state index in [-0.39, 0.29) is 10.4 Å². The highest BCUT2D eigenvalue weighted by molar-refractivity contribution is 8.14. The molecule has 0 heterocycles. The molecule has 1 unspecified atom stereocenters. The van der Waals surface area contributed by atoms with E-state index in [2.05, 4.69) is 6.92 Å². The summed E-state index contributed by atoms with van der Waals surface area (Å²) in [6.45, 7) is 3.66. The Morgan fingerprint density at radius 3 is 2.75 bits per heavy atom. The van der Waals surface area contributed by atoms with Crippen molar-refractivity contribution in [2.75, 3.05) is 0 Å². The average molecular weight is 188 g/mol. The fourth-order valence-electron chi connectivity index (χ4n) is 0.909. The van der Waals surface area contributed by atoms with Crippen LogP contribution in [-0.2, 0) is 4.79 Å². The van der Waals surface area contributed by atoms with Crippen molar-refractivity contribution >= 4 is 16.9 Å². The Balaban J connectivity index is 3.77. The Morgan fingerprint density at radius 2 is 2.33 bits per heavy atom. The number of rotatable bonds is 5. The van der Waals surface area contributed by atoms with Crippen LogP contribution < -0.4 is 0 Å². The third-order valence-corrected chi connectivity index (χ3v) is 2.49. The van der Waals surface area contributed by atoms with Crippen LogP contribution in [0, 0.1) is 0 Å². The number of aliphatic hydroxyl groups is 1. The molecule has 0 amide bonds. The van der Waals surface area contributed by atoms with Crippen molar-refractivity contribution in [2.24, 2.45) is 0 Å². The molecule has 0 aromatic carbocycles. The second kappa shape index (κ2) is 7.22. The minimum absolute atomic E-state index is 0.106. The molecule has 0 aliphatic carbocycles. The van der Waals surface area contributed by atoms with Crippen molar-refractivity contribution in [1.29, 1.82) is 0 Å². The molecule has 0 radical (unpaired) electrons. The summed E-state index contributed by atoms with van der Waals surface area (Å²) in [6.07, 6.45) is 5.86. The van der Waals surface area contributed by atoms with Gasteiger partial charge in [-0.3, -0.25) is 4.79 Å². The van der Waals surface area contributed by atoms with Crippen LogP contribution in [0.4, 0.5) is 0 Å². The summed E-state index contributed by atoms with van der Waals surface area (Å²) in [4.78, 5) is 10.7. The van der Waals surface area contributed by atoms with Gasteiger partial charge in [-0.15, -0.1) is 0 Å². The molecular formula is C9H16O2S. The van der Waals surface area contributed by atoms with E-state index in [9.17, 15) is 4.79 Å². The molecule has 0 rings (SSSR count). The molecule has 0 saturated carbocycles. The van der Waals surface area contributed by atoms with E-state index < -0.39 is 0 Å². The summed E-state index contributed by atoms with van der Waals surface area (Å²) >= 11 is 1.28. The zero-order valence-electron chi connectivity index (χ0n) is 7.62. The fourth-order valence-corrected chi connectivity index (χ4v) is 1.77. The van der Waals surface area contributed by atoms with E-state index in [1.807, 2.05) is 0 Å². The minimum Gasteiger partial charge on any atom is -0.516 e. The highest BCUT2D eigenvalue weighted by atomic mass is 32.2. The first kappa shape index (κ1) is 11.6. The third kappa shape index (κ3) is 6.28. The van der Waals surface area contributed by atoms with E-state index in [1.54, 1.807) is 13.0 Å². The van der Waals surface area contributed by atoms with Crippen LogP contribution in [0.1, 0.15) is 33.1 Å². The fraction of sp³-hybridized carbons (Fsp3) is 0.667. The molecule has 0 bridgehead atoms. The number of thioether (sulfide) groups is 1. The van der Waals surface area contributed by atoms with E-state index in [0.29, 0.717) is 0 Å². The van der Waals surface area contributed by atoms with Crippen molar-refractivity contribution in [3.8, 4) is 0 Å². The molecule has 0 spiro atoms. The summed E-state index contributed by atoms with van der Waals surface area (Å²) in [5, 5.41) is 8.80. The zero-order chi connectivity index (χ0) is 9.40. The van der Waals surface area contributed by atoms with Crippen LogP contribution in [0.5, 0.6) is 0 Å². The van der Waals surface area contributed by atoms with Gasteiger partial charge in [0.15, 0.2) is 5.12 Å². The van der Waals surface area contributed by atoms with Gasteiger partial charge in [0.2, 0.25) is 0 Å². The molecule has 0 aromatic heterocycles. The highest BCUT2D eigenvalue weighted by Crippen LogP contribution is 2.19. The quantitative estimate of drug-likeness (QED) is 0.674. The Labute approximate surface area is 78.0 Å². The van der Waals surface area contributed by atoms with Crippen molar-refractivity contribution in [3.05, 3.63) is 12.3 Å². The van der Waals surface area contributed by atoms with Gasteiger partial charge in [0.1, 0.15) is 0 Å². The second-order valence-corrected chi connectivity index (χ2v) is 4.05. The Morgan fingerprint density at radius 1 is 1.67 bits per heavy atom. The number of carbonyl (C=O) groups is 1. The summed E-state index contributed by atoms with van der Waals surface area (Å²) in [6, 6.07) is 0. The first-order valence-electron chi connectivity index (χ1n) is 4.18. The van der Waals surface area contributed by atoms with Gasteiger partial charge in [0.25, 0.3) is 0 Å². The Bertz CT molecular complexity index is 155. The lowest BCUT2D eigenvalue weighted by atomic mass is 10.2. The van der Waals surface area contributed by atoms with E-state index >= 15 is 0 Å². The topological polar surface area (TPSA) is 37.3 Å². The second-order valence-electron chi connectivity index (χ2n) is 2.63. The van der Waals surface area contributed by atoms with Crippen LogP contribution in [0.3, 0.4) is 0 Å². The van der Waals surface area contributed by atoms with E-state index in [0.717, 1.165) is 25.5 Å². The summed E-state index contributed by atoms with van der Waals surface area (Å²) < 4.78 is 0. The van der Waals surface area contributed by atoms with Crippen molar-refractivity contribution in [2.45, 2.75) is 38.4 Å². The maximum Gasteiger partial charge on any atom is 0.186 e. The van der Waals surface area contributed by atoms with E-state index in [4.69, 9.17) is 5.11 Å². The smallest absolute Gasteiger partial charge is 0.186 e. The number of hydrogen-bond acceptors (Lipinski definition) is 3. The Hall–Kier alpha value is -0.440. The van der Waals surface area contributed by atoms with Gasteiger partial charge in [0.05, 0.1) is 6.26 Å². The predicted molar refractivity (Wildman–Crippen MR) is 53.4 cm³/mol. The Kier molecular flexibility index (Phi) is 6.96. The predicted octanol–water partition coefficient (Wildman–Crippen LogP) is 2.90. The molecular weight excluding hydrogens is 172 g/mol. The normalized spacial score (nSPS) is 13.5.